The van der Waals surface area contributed by atoms with Crippen LogP contribution in [0.4, 0.5) is 0 Å². The van der Waals surface area contributed by atoms with Gasteiger partial charge < -0.3 is 15.1 Å². The van der Waals surface area contributed by atoms with E-state index >= 15 is 0 Å². The van der Waals surface area contributed by atoms with Crippen LogP contribution in [0, 0.1) is 6.92 Å². The Hall–Kier alpha value is -2.04. The summed E-state index contributed by atoms with van der Waals surface area (Å²) >= 11 is 0. The number of benzene rings is 1. The van der Waals surface area contributed by atoms with Gasteiger partial charge in [0.2, 0.25) is 0 Å². The van der Waals surface area contributed by atoms with E-state index in [2.05, 4.69) is 0 Å². The summed E-state index contributed by atoms with van der Waals surface area (Å²) in [5.41, 5.74) is -0.435. The van der Waals surface area contributed by atoms with E-state index in [0.717, 1.165) is 12.8 Å². The van der Waals surface area contributed by atoms with Crippen LogP contribution in [0.2, 0.25) is 0 Å². The molecule has 5 heteroatoms. The van der Waals surface area contributed by atoms with Crippen LogP contribution in [0.3, 0.4) is 0 Å². The van der Waals surface area contributed by atoms with Crippen molar-refractivity contribution in [1.29, 1.82) is 0 Å². The fraction of sp³-hybridized carbons (Fsp3) is 0.467. The third-order valence-electron chi connectivity index (χ3n) is 4.07. The second kappa shape index (κ2) is 5.15. The number of piperidine rings is 1. The molecule has 1 aliphatic heterocycles. The number of aryl methyl sites for hydroxylation is 1. The molecule has 0 bridgehead atoms. The van der Waals surface area contributed by atoms with E-state index in [1.807, 2.05) is 0 Å². The number of carbonyl (C=O) groups is 2. The maximum atomic E-state index is 12.6. The third kappa shape index (κ3) is 2.24. The molecular formula is C15H19NO4. The Bertz CT molecular complexity index is 555. The normalized spacial score (nSPS) is 22.6. The second-order valence-electron chi connectivity index (χ2n) is 5.46. The lowest BCUT2D eigenvalue weighted by atomic mass is 9.87. The summed E-state index contributed by atoms with van der Waals surface area (Å²) < 4.78 is 0. The van der Waals surface area contributed by atoms with Crippen molar-refractivity contribution in [2.24, 2.45) is 0 Å². The zero-order chi connectivity index (χ0) is 14.9. The van der Waals surface area contributed by atoms with Gasteiger partial charge in [-0.25, -0.2) is 4.79 Å². The van der Waals surface area contributed by atoms with Crippen LogP contribution >= 0.6 is 0 Å². The number of carboxylic acid groups (broad SMARTS) is 1. The molecule has 20 heavy (non-hydrogen) atoms. The van der Waals surface area contributed by atoms with E-state index in [1.54, 1.807) is 26.0 Å². The minimum atomic E-state index is -1.20. The van der Waals surface area contributed by atoms with Crippen molar-refractivity contribution in [3.8, 4) is 5.75 Å². The summed E-state index contributed by atoms with van der Waals surface area (Å²) in [6.45, 7) is 3.67. The summed E-state index contributed by atoms with van der Waals surface area (Å²) in [5.74, 6) is -1.50. The number of phenolic OH excluding ortho intramolecular Hbond substituents is 1. The predicted octanol–water partition coefficient (Wildman–Crippen LogP) is 2.17. The summed E-state index contributed by atoms with van der Waals surface area (Å²) in [7, 11) is 0. The Kier molecular flexibility index (Phi) is 3.70. The Morgan fingerprint density at radius 2 is 2.00 bits per heavy atom. The van der Waals surface area contributed by atoms with Gasteiger partial charge in [0.25, 0.3) is 5.91 Å². The number of hydrogen-bond acceptors (Lipinski definition) is 3. The number of para-hydroxylation sites is 1. The smallest absolute Gasteiger partial charge is 0.329 e. The highest BCUT2D eigenvalue weighted by Gasteiger charge is 2.44. The standard InChI is InChI=1S/C15H19NO4/c1-10-6-5-7-11(12(10)17)13(18)16-9-4-3-8-15(16,2)14(19)20/h5-7,17H,3-4,8-9H2,1-2H3,(H,19,20). The van der Waals surface area contributed by atoms with Crippen molar-refractivity contribution in [3.63, 3.8) is 0 Å². The average Bonchev–Trinajstić information content (AvgIpc) is 2.41. The molecule has 1 unspecified atom stereocenters. The highest BCUT2D eigenvalue weighted by atomic mass is 16.4. The molecule has 0 aromatic heterocycles. The van der Waals surface area contributed by atoms with Crippen molar-refractivity contribution in [3.05, 3.63) is 29.3 Å². The second-order valence-corrected chi connectivity index (χ2v) is 5.46. The number of carbonyl (C=O) groups excluding carboxylic acids is 1. The number of amides is 1. The summed E-state index contributed by atoms with van der Waals surface area (Å²) in [6, 6.07) is 4.92. The first-order valence-electron chi connectivity index (χ1n) is 6.72. The minimum absolute atomic E-state index is 0.0733. The van der Waals surface area contributed by atoms with Crippen molar-refractivity contribution in [2.45, 2.75) is 38.6 Å². The van der Waals surface area contributed by atoms with Gasteiger partial charge in [0.1, 0.15) is 11.3 Å². The summed E-state index contributed by atoms with van der Waals surface area (Å²) in [5, 5.41) is 19.4. The molecule has 108 valence electrons. The lowest BCUT2D eigenvalue weighted by Crippen LogP contribution is -2.57. The quantitative estimate of drug-likeness (QED) is 0.868. The van der Waals surface area contributed by atoms with Crippen LogP contribution in [0.5, 0.6) is 5.75 Å². The zero-order valence-electron chi connectivity index (χ0n) is 11.7. The van der Waals surface area contributed by atoms with Crippen LogP contribution in [0.1, 0.15) is 42.1 Å². The monoisotopic (exact) mass is 277 g/mol. The first-order valence-corrected chi connectivity index (χ1v) is 6.72. The molecule has 1 atom stereocenters. The molecule has 2 N–H and O–H groups in total. The number of rotatable bonds is 2. The fourth-order valence-electron chi connectivity index (χ4n) is 2.65. The number of aromatic hydroxyl groups is 1. The molecule has 1 aliphatic rings. The summed E-state index contributed by atoms with van der Waals surface area (Å²) in [4.78, 5) is 25.5. The first kappa shape index (κ1) is 14.4. The largest absolute Gasteiger partial charge is 0.507 e. The van der Waals surface area contributed by atoms with E-state index < -0.39 is 17.4 Å². The van der Waals surface area contributed by atoms with Gasteiger partial charge in [0.15, 0.2) is 0 Å². The van der Waals surface area contributed by atoms with E-state index in [9.17, 15) is 19.8 Å². The molecule has 1 saturated heterocycles. The molecular weight excluding hydrogens is 258 g/mol. The average molecular weight is 277 g/mol. The van der Waals surface area contributed by atoms with E-state index in [-0.39, 0.29) is 11.3 Å². The molecule has 0 saturated carbocycles. The SMILES string of the molecule is Cc1cccc(C(=O)N2CCCCC2(C)C(=O)O)c1O. The minimum Gasteiger partial charge on any atom is -0.507 e. The Balaban J connectivity index is 2.40. The number of likely N-dealkylation sites (tertiary alicyclic amines) is 1. The molecule has 1 amide bonds. The van der Waals surface area contributed by atoms with Gasteiger partial charge in [0, 0.05) is 6.54 Å². The highest BCUT2D eigenvalue weighted by molar-refractivity contribution is 6.00. The number of phenols is 1. The first-order chi connectivity index (χ1) is 9.38. The number of hydrogen-bond donors (Lipinski definition) is 2. The Labute approximate surface area is 117 Å². The molecule has 0 aliphatic carbocycles. The summed E-state index contributed by atoms with van der Waals surface area (Å²) in [6.07, 6.45) is 1.99. The van der Waals surface area contributed by atoms with Gasteiger partial charge in [-0.1, -0.05) is 12.1 Å². The molecule has 1 aromatic carbocycles. The van der Waals surface area contributed by atoms with Crippen molar-refractivity contribution in [1.82, 2.24) is 4.90 Å². The lowest BCUT2D eigenvalue weighted by molar-refractivity contribution is -0.150. The molecule has 1 fully saturated rings. The van der Waals surface area contributed by atoms with Gasteiger partial charge in [-0.15, -0.1) is 0 Å². The third-order valence-corrected chi connectivity index (χ3v) is 4.07. The van der Waals surface area contributed by atoms with E-state index in [4.69, 9.17) is 0 Å². The van der Waals surface area contributed by atoms with Crippen LogP contribution in [-0.4, -0.2) is 39.1 Å². The Morgan fingerprint density at radius 1 is 1.30 bits per heavy atom. The van der Waals surface area contributed by atoms with Crippen molar-refractivity contribution < 1.29 is 19.8 Å². The van der Waals surface area contributed by atoms with E-state index in [1.165, 1.54) is 11.0 Å². The van der Waals surface area contributed by atoms with Crippen molar-refractivity contribution in [2.75, 3.05) is 6.54 Å². The molecule has 0 radical (unpaired) electrons. The molecule has 5 nitrogen and oxygen atoms in total. The number of aliphatic carboxylic acids is 1. The Morgan fingerprint density at radius 3 is 2.65 bits per heavy atom. The molecule has 1 heterocycles. The maximum Gasteiger partial charge on any atom is 0.329 e. The van der Waals surface area contributed by atoms with Crippen LogP contribution in [-0.2, 0) is 4.79 Å². The zero-order valence-corrected chi connectivity index (χ0v) is 11.7. The highest BCUT2D eigenvalue weighted by Crippen LogP contribution is 2.32. The molecule has 2 rings (SSSR count). The maximum absolute atomic E-state index is 12.6. The van der Waals surface area contributed by atoms with Gasteiger partial charge in [-0.05, 0) is 44.7 Å². The molecule has 0 spiro atoms. The molecule has 1 aromatic rings. The van der Waals surface area contributed by atoms with E-state index in [0.29, 0.717) is 18.5 Å². The van der Waals surface area contributed by atoms with Crippen molar-refractivity contribution >= 4 is 11.9 Å². The van der Waals surface area contributed by atoms with Crippen LogP contribution in [0.15, 0.2) is 18.2 Å². The van der Waals surface area contributed by atoms with Gasteiger partial charge in [-0.2, -0.15) is 0 Å². The number of carboxylic acids is 1. The van der Waals surface area contributed by atoms with Crippen LogP contribution < -0.4 is 0 Å². The topological polar surface area (TPSA) is 77.8 Å². The fourth-order valence-corrected chi connectivity index (χ4v) is 2.65. The van der Waals surface area contributed by atoms with Gasteiger partial charge >= 0.3 is 5.97 Å². The van der Waals surface area contributed by atoms with Crippen LogP contribution in [0.25, 0.3) is 0 Å². The van der Waals surface area contributed by atoms with Gasteiger partial charge in [-0.3, -0.25) is 4.79 Å². The van der Waals surface area contributed by atoms with Gasteiger partial charge in [0.05, 0.1) is 5.56 Å². The predicted molar refractivity (Wildman–Crippen MR) is 73.8 cm³/mol. The lowest BCUT2D eigenvalue weighted by Gasteiger charge is -2.41. The number of nitrogens with zero attached hydrogens (tertiary/aromatic N) is 1.